The molecule has 0 fully saturated rings. The fourth-order valence-corrected chi connectivity index (χ4v) is 3.63. The zero-order valence-corrected chi connectivity index (χ0v) is 21.5. The van der Waals surface area contributed by atoms with Crippen molar-refractivity contribution in [3.63, 3.8) is 0 Å². The fraction of sp³-hybridized carbons (Fsp3) is 0.522. The number of aromatic hydroxyl groups is 1. The quantitative estimate of drug-likeness (QED) is 0.117. The lowest BCUT2D eigenvalue weighted by Crippen LogP contribution is -2.58. The number of rotatable bonds is 16. The molecule has 13 nitrogen and oxygen atoms in total. The highest BCUT2D eigenvalue weighted by Gasteiger charge is 2.31. The molecule has 0 saturated heterocycles. The number of nitrogens with one attached hydrogen (secondary N) is 3. The van der Waals surface area contributed by atoms with Crippen molar-refractivity contribution in [2.45, 2.75) is 62.9 Å². The van der Waals surface area contributed by atoms with Gasteiger partial charge in [0.25, 0.3) is 0 Å². The van der Waals surface area contributed by atoms with Gasteiger partial charge in [-0.3, -0.25) is 19.2 Å². The molecule has 0 aliphatic rings. The second-order valence-electron chi connectivity index (χ2n) is 8.45. The number of nitrogens with two attached hydrogens (primary N) is 2. The van der Waals surface area contributed by atoms with Crippen molar-refractivity contribution in [3.8, 4) is 5.75 Å². The van der Waals surface area contributed by atoms with Gasteiger partial charge in [-0.25, -0.2) is 4.79 Å². The van der Waals surface area contributed by atoms with Gasteiger partial charge in [-0.1, -0.05) is 12.1 Å². The number of carboxylic acid groups (broad SMARTS) is 1. The summed E-state index contributed by atoms with van der Waals surface area (Å²) in [7, 11) is 0. The van der Waals surface area contributed by atoms with Crippen LogP contribution in [0.15, 0.2) is 24.3 Å². The number of hydrogen-bond acceptors (Lipinski definition) is 9. The number of phenolic OH excluding ortho intramolecular Hbond substituents is 1. The third kappa shape index (κ3) is 11.5. The third-order valence-electron chi connectivity index (χ3n) is 5.37. The standard InChI is InChI=1S/C23H35N5O8S/c1-12(29)19(25)22(34)27-16(9-10-37-2)21(33)26-15(7-8-18(24)31)20(32)28-17(23(35)36)11-13-3-5-14(30)6-4-13/h3-6,12,15-17,19,29-30H,7-11,25H2,1-2H3,(H2,24,31)(H,26,33)(H,27,34)(H,28,32)(H,35,36). The first-order chi connectivity index (χ1) is 17.3. The van der Waals surface area contributed by atoms with Crippen LogP contribution in [-0.2, 0) is 30.4 Å². The highest BCUT2D eigenvalue weighted by atomic mass is 32.2. The minimum atomic E-state index is -1.37. The molecule has 0 radical (unpaired) electrons. The van der Waals surface area contributed by atoms with Gasteiger partial charge in [0.15, 0.2) is 0 Å². The van der Waals surface area contributed by atoms with Gasteiger partial charge < -0.3 is 42.7 Å². The van der Waals surface area contributed by atoms with Gasteiger partial charge >= 0.3 is 5.97 Å². The number of benzene rings is 1. The summed E-state index contributed by atoms with van der Waals surface area (Å²) in [4.78, 5) is 61.4. The van der Waals surface area contributed by atoms with E-state index in [1.54, 1.807) is 6.26 Å². The molecule has 1 rings (SSSR count). The number of amides is 4. The van der Waals surface area contributed by atoms with E-state index in [4.69, 9.17) is 11.5 Å². The Morgan fingerprint density at radius 1 is 0.919 bits per heavy atom. The number of carboxylic acids is 1. The molecule has 0 saturated carbocycles. The van der Waals surface area contributed by atoms with E-state index in [-0.39, 0.29) is 31.4 Å². The molecule has 0 aliphatic carbocycles. The average molecular weight is 542 g/mol. The largest absolute Gasteiger partial charge is 0.508 e. The first-order valence-electron chi connectivity index (χ1n) is 11.5. The van der Waals surface area contributed by atoms with Crippen LogP contribution in [0.5, 0.6) is 5.75 Å². The molecule has 14 heteroatoms. The maximum absolute atomic E-state index is 13.0. The van der Waals surface area contributed by atoms with Gasteiger partial charge in [0.05, 0.1) is 6.10 Å². The highest BCUT2D eigenvalue weighted by molar-refractivity contribution is 7.98. The monoisotopic (exact) mass is 541 g/mol. The summed E-state index contributed by atoms with van der Waals surface area (Å²) in [6.45, 7) is 1.32. The molecule has 0 heterocycles. The van der Waals surface area contributed by atoms with Gasteiger partial charge in [-0.15, -0.1) is 0 Å². The van der Waals surface area contributed by atoms with E-state index >= 15 is 0 Å². The van der Waals surface area contributed by atoms with E-state index in [0.29, 0.717) is 11.3 Å². The van der Waals surface area contributed by atoms with E-state index < -0.39 is 59.9 Å². The Hall–Kier alpha value is -3.36. The normalized spacial score (nSPS) is 14.9. The van der Waals surface area contributed by atoms with Crippen LogP contribution in [0.3, 0.4) is 0 Å². The molecule has 1 aromatic carbocycles. The lowest BCUT2D eigenvalue weighted by Gasteiger charge is -2.25. The molecule has 0 bridgehead atoms. The summed E-state index contributed by atoms with van der Waals surface area (Å²) < 4.78 is 0. The second kappa shape index (κ2) is 15.7. The molecule has 0 aromatic heterocycles. The first kappa shape index (κ1) is 31.7. The van der Waals surface area contributed by atoms with E-state index in [1.807, 2.05) is 0 Å². The van der Waals surface area contributed by atoms with Crippen LogP contribution < -0.4 is 27.4 Å². The Labute approximate surface area is 218 Å². The van der Waals surface area contributed by atoms with Crippen molar-refractivity contribution in [1.29, 1.82) is 0 Å². The second-order valence-corrected chi connectivity index (χ2v) is 9.43. The number of aliphatic hydroxyl groups is 1. The number of primary amides is 1. The minimum absolute atomic E-state index is 0.00795. The Balaban J connectivity index is 3.04. The van der Waals surface area contributed by atoms with E-state index in [1.165, 1.54) is 43.0 Å². The lowest BCUT2D eigenvalue weighted by molar-refractivity contribution is -0.142. The van der Waals surface area contributed by atoms with Gasteiger partial charge in [0, 0.05) is 12.8 Å². The van der Waals surface area contributed by atoms with Crippen molar-refractivity contribution in [2.75, 3.05) is 12.0 Å². The van der Waals surface area contributed by atoms with Crippen molar-refractivity contribution in [2.24, 2.45) is 11.5 Å². The third-order valence-corrected chi connectivity index (χ3v) is 6.01. The van der Waals surface area contributed by atoms with E-state index in [9.17, 15) is 39.3 Å². The van der Waals surface area contributed by atoms with Crippen LogP contribution in [0, 0.1) is 0 Å². The number of aliphatic hydroxyl groups excluding tert-OH is 1. The van der Waals surface area contributed by atoms with Gasteiger partial charge in [0.1, 0.15) is 29.9 Å². The van der Waals surface area contributed by atoms with E-state index in [2.05, 4.69) is 16.0 Å². The smallest absolute Gasteiger partial charge is 0.326 e. The Morgan fingerprint density at radius 2 is 1.43 bits per heavy atom. The van der Waals surface area contributed by atoms with Crippen LogP contribution in [0.25, 0.3) is 0 Å². The summed E-state index contributed by atoms with van der Waals surface area (Å²) in [5, 5.41) is 35.8. The number of phenols is 1. The molecule has 206 valence electrons. The number of thioether (sulfide) groups is 1. The Bertz CT molecular complexity index is 944. The summed E-state index contributed by atoms with van der Waals surface area (Å²) in [6.07, 6.45) is 0.203. The summed E-state index contributed by atoms with van der Waals surface area (Å²) in [5.74, 6) is -4.00. The van der Waals surface area contributed by atoms with Crippen molar-refractivity contribution in [1.82, 2.24) is 16.0 Å². The number of carbonyl (C=O) groups excluding carboxylic acids is 4. The van der Waals surface area contributed by atoms with Crippen LogP contribution in [0.4, 0.5) is 0 Å². The number of hydrogen-bond donors (Lipinski definition) is 8. The minimum Gasteiger partial charge on any atom is -0.508 e. The SMILES string of the molecule is CSCCC(NC(=O)C(N)C(C)O)C(=O)NC(CCC(N)=O)C(=O)NC(Cc1ccc(O)cc1)C(=O)O. The Kier molecular flexibility index (Phi) is 13.4. The Morgan fingerprint density at radius 3 is 1.92 bits per heavy atom. The molecule has 10 N–H and O–H groups in total. The van der Waals surface area contributed by atoms with E-state index in [0.717, 1.165) is 0 Å². The van der Waals surface area contributed by atoms with Crippen molar-refractivity contribution < 1.29 is 39.3 Å². The fourth-order valence-electron chi connectivity index (χ4n) is 3.16. The predicted molar refractivity (Wildman–Crippen MR) is 136 cm³/mol. The molecule has 5 unspecified atom stereocenters. The maximum Gasteiger partial charge on any atom is 0.326 e. The van der Waals surface area contributed by atoms with Gasteiger partial charge in [-0.05, 0) is 49.5 Å². The molecule has 4 amide bonds. The number of aliphatic carboxylic acids is 1. The lowest BCUT2D eigenvalue weighted by atomic mass is 10.0. The summed E-state index contributed by atoms with van der Waals surface area (Å²) in [5.41, 5.74) is 11.4. The van der Waals surface area contributed by atoms with Crippen LogP contribution in [-0.4, -0.2) is 87.2 Å². The van der Waals surface area contributed by atoms with Crippen LogP contribution in [0.1, 0.15) is 31.7 Å². The maximum atomic E-state index is 13.0. The number of carbonyl (C=O) groups is 5. The molecule has 0 spiro atoms. The zero-order valence-electron chi connectivity index (χ0n) is 20.7. The molecular formula is C23H35N5O8S. The first-order valence-corrected chi connectivity index (χ1v) is 12.9. The molecule has 5 atom stereocenters. The van der Waals surface area contributed by atoms with Gasteiger partial charge in [0.2, 0.25) is 23.6 Å². The van der Waals surface area contributed by atoms with Crippen molar-refractivity contribution in [3.05, 3.63) is 29.8 Å². The molecule has 37 heavy (non-hydrogen) atoms. The van der Waals surface area contributed by atoms with Gasteiger partial charge in [-0.2, -0.15) is 11.8 Å². The predicted octanol–water partition coefficient (Wildman–Crippen LogP) is -1.80. The average Bonchev–Trinajstić information content (AvgIpc) is 2.83. The van der Waals surface area contributed by atoms with Crippen LogP contribution >= 0.6 is 11.8 Å². The summed E-state index contributed by atoms with van der Waals surface area (Å²) in [6, 6.07) is 0.649. The summed E-state index contributed by atoms with van der Waals surface area (Å²) >= 11 is 1.41. The topological polar surface area (TPSA) is 234 Å². The van der Waals surface area contributed by atoms with Crippen LogP contribution in [0.2, 0.25) is 0 Å². The molecular weight excluding hydrogens is 506 g/mol. The molecule has 0 aliphatic heterocycles. The molecule has 1 aromatic rings. The zero-order chi connectivity index (χ0) is 28.1. The highest BCUT2D eigenvalue weighted by Crippen LogP contribution is 2.12. The van der Waals surface area contributed by atoms with Crippen molar-refractivity contribution >= 4 is 41.4 Å².